The Morgan fingerprint density at radius 3 is 1.20 bits per heavy atom. The van der Waals surface area contributed by atoms with E-state index in [1.807, 2.05) is 36.4 Å². The molecular weight excluding hydrogens is 124 g/mol. The van der Waals surface area contributed by atoms with Crippen LogP contribution in [-0.4, -0.2) is 0 Å². The monoisotopic (exact) mass is 135 g/mol. The van der Waals surface area contributed by atoms with E-state index in [1.54, 1.807) is 0 Å². The Morgan fingerprint density at radius 1 is 1.00 bits per heavy atom. The van der Waals surface area contributed by atoms with Gasteiger partial charge in [-0.25, -0.2) is 0 Å². The first-order valence-corrected chi connectivity index (χ1v) is 3.06. The maximum atomic E-state index is 9.33. The summed E-state index contributed by atoms with van der Waals surface area (Å²) >= 11 is 0. The molecule has 1 heteroatoms. The molecule has 0 unspecified atom stereocenters. The molecule has 0 N–H and O–H groups in total. The van der Waals surface area contributed by atoms with Gasteiger partial charge in [-0.05, 0) is 0 Å². The molecule has 0 saturated heterocycles. The summed E-state index contributed by atoms with van der Waals surface area (Å²) in [5.74, 6) is -0.0833. The van der Waals surface area contributed by atoms with Gasteiger partial charge in [0.2, 0.25) is 0 Å². The Balaban J connectivity index is 0.000000180. The van der Waals surface area contributed by atoms with E-state index in [4.69, 9.17) is 0 Å². The molecule has 0 fully saturated rings. The van der Waals surface area contributed by atoms with Gasteiger partial charge in [-0.15, -0.1) is 12.3 Å². The highest BCUT2D eigenvalue weighted by atomic mass is 16.3. The van der Waals surface area contributed by atoms with Crippen LogP contribution >= 0.6 is 0 Å². The van der Waals surface area contributed by atoms with E-state index >= 15 is 0 Å². The van der Waals surface area contributed by atoms with Crippen molar-refractivity contribution in [1.82, 2.24) is 0 Å². The molecule has 54 valence electrons. The van der Waals surface area contributed by atoms with E-state index in [0.29, 0.717) is 0 Å². The molecule has 10 heavy (non-hydrogen) atoms. The predicted octanol–water partition coefficient (Wildman–Crippen LogP) is 1.57. The van der Waals surface area contributed by atoms with Crippen molar-refractivity contribution in [3.8, 4) is 0 Å². The predicted molar refractivity (Wildman–Crippen MR) is 41.3 cm³/mol. The minimum atomic E-state index is -0.0833. The largest absolute Gasteiger partial charge is 0.876 e. The van der Waals surface area contributed by atoms with Gasteiger partial charge in [0.25, 0.3) is 0 Å². The zero-order valence-corrected chi connectivity index (χ0v) is 6.08. The van der Waals surface area contributed by atoms with E-state index in [0.717, 1.165) is 0 Å². The molecular formula is C9H11O-. The molecule has 0 aliphatic rings. The van der Waals surface area contributed by atoms with Gasteiger partial charge in [-0.3, -0.25) is 0 Å². The Hall–Kier alpha value is -1.24. The minimum absolute atomic E-state index is 0.0833. The van der Waals surface area contributed by atoms with Crippen LogP contribution in [0.5, 0.6) is 0 Å². The summed E-state index contributed by atoms with van der Waals surface area (Å²) in [4.78, 5) is 0. The lowest BCUT2D eigenvalue weighted by Gasteiger charge is -1.92. The summed E-state index contributed by atoms with van der Waals surface area (Å²) in [6.07, 6.45) is 0. The van der Waals surface area contributed by atoms with Gasteiger partial charge in [0.05, 0.1) is 0 Å². The fraction of sp³-hybridized carbons (Fsp3) is 0.111. The van der Waals surface area contributed by atoms with Crippen LogP contribution in [0.15, 0.2) is 48.7 Å². The van der Waals surface area contributed by atoms with Crippen molar-refractivity contribution < 1.29 is 5.11 Å². The second kappa shape index (κ2) is 5.89. The van der Waals surface area contributed by atoms with E-state index in [-0.39, 0.29) is 5.76 Å². The van der Waals surface area contributed by atoms with Crippen LogP contribution in [-0.2, 0) is 0 Å². The molecule has 0 amide bonds. The van der Waals surface area contributed by atoms with Crippen LogP contribution in [0.1, 0.15) is 6.92 Å². The summed E-state index contributed by atoms with van der Waals surface area (Å²) in [6.45, 7) is 4.42. The zero-order chi connectivity index (χ0) is 7.82. The molecule has 0 bridgehead atoms. The average molecular weight is 135 g/mol. The van der Waals surface area contributed by atoms with Crippen molar-refractivity contribution in [2.45, 2.75) is 6.92 Å². The molecule has 1 rings (SSSR count). The molecule has 1 nitrogen and oxygen atoms in total. The third-order valence-electron chi connectivity index (χ3n) is 0.667. The standard InChI is InChI=1S/C6H6.C3H6O/c1-2-4-6-5-3-1;1-3(2)4/h1-6H;4H,1H2,2H3/p-1. The first-order chi connectivity index (χ1) is 4.73. The first kappa shape index (κ1) is 8.76. The number of rotatable bonds is 0. The molecule has 0 radical (unpaired) electrons. The maximum Gasteiger partial charge on any atom is -0.0549 e. The van der Waals surface area contributed by atoms with Crippen LogP contribution in [0.4, 0.5) is 0 Å². The van der Waals surface area contributed by atoms with Crippen molar-refractivity contribution in [2.24, 2.45) is 0 Å². The van der Waals surface area contributed by atoms with Gasteiger partial charge < -0.3 is 5.11 Å². The second-order valence-electron chi connectivity index (χ2n) is 1.86. The molecule has 1 aromatic carbocycles. The normalized spacial score (nSPS) is 7.30. The van der Waals surface area contributed by atoms with Crippen LogP contribution < -0.4 is 5.11 Å². The smallest absolute Gasteiger partial charge is 0.0549 e. The van der Waals surface area contributed by atoms with Crippen molar-refractivity contribution in [1.29, 1.82) is 0 Å². The lowest BCUT2D eigenvalue weighted by Crippen LogP contribution is -1.92. The van der Waals surface area contributed by atoms with Gasteiger partial charge in [0.15, 0.2) is 0 Å². The topological polar surface area (TPSA) is 23.1 Å². The molecule has 0 aliphatic carbocycles. The van der Waals surface area contributed by atoms with Crippen molar-refractivity contribution in [3.63, 3.8) is 0 Å². The quantitative estimate of drug-likeness (QED) is 0.495. The van der Waals surface area contributed by atoms with Crippen LogP contribution in [0.3, 0.4) is 0 Å². The zero-order valence-electron chi connectivity index (χ0n) is 6.08. The SMILES string of the molecule is C=C(C)[O-].c1ccccc1. The number of allylic oxidation sites excluding steroid dienone is 1. The number of hydrogen-bond acceptors (Lipinski definition) is 1. The summed E-state index contributed by atoms with van der Waals surface area (Å²) in [7, 11) is 0. The van der Waals surface area contributed by atoms with Gasteiger partial charge in [-0.1, -0.05) is 43.3 Å². The summed E-state index contributed by atoms with van der Waals surface area (Å²) in [6, 6.07) is 12.0. The maximum absolute atomic E-state index is 9.33. The summed E-state index contributed by atoms with van der Waals surface area (Å²) in [5, 5.41) is 9.33. The Morgan fingerprint density at radius 2 is 1.10 bits per heavy atom. The molecule has 0 aromatic heterocycles. The van der Waals surface area contributed by atoms with Gasteiger partial charge in [0, 0.05) is 0 Å². The molecule has 1 aromatic rings. The Bertz CT molecular complexity index is 137. The molecule has 0 saturated carbocycles. The lowest BCUT2D eigenvalue weighted by atomic mass is 10.4. The third kappa shape index (κ3) is 9.90. The van der Waals surface area contributed by atoms with Crippen molar-refractivity contribution in [2.75, 3.05) is 0 Å². The highest BCUT2D eigenvalue weighted by Gasteiger charge is 1.57. The number of hydrogen-bond donors (Lipinski definition) is 0. The summed E-state index contributed by atoms with van der Waals surface area (Å²) in [5.41, 5.74) is 0. The fourth-order valence-corrected chi connectivity index (χ4v) is 0.385. The van der Waals surface area contributed by atoms with Crippen molar-refractivity contribution >= 4 is 0 Å². The van der Waals surface area contributed by atoms with Crippen LogP contribution in [0, 0.1) is 0 Å². The van der Waals surface area contributed by atoms with Crippen LogP contribution in [0.2, 0.25) is 0 Å². The van der Waals surface area contributed by atoms with E-state index in [1.165, 1.54) is 6.92 Å². The highest BCUT2D eigenvalue weighted by Crippen LogP contribution is 1.79. The molecule has 0 atom stereocenters. The lowest BCUT2D eigenvalue weighted by molar-refractivity contribution is -0.300. The molecule has 0 heterocycles. The minimum Gasteiger partial charge on any atom is -0.876 e. The van der Waals surface area contributed by atoms with E-state index in [2.05, 4.69) is 6.58 Å². The van der Waals surface area contributed by atoms with Crippen molar-refractivity contribution in [3.05, 3.63) is 48.7 Å². The first-order valence-electron chi connectivity index (χ1n) is 3.06. The molecule has 0 spiro atoms. The molecule has 0 aliphatic heterocycles. The number of benzene rings is 1. The second-order valence-corrected chi connectivity index (χ2v) is 1.86. The fourth-order valence-electron chi connectivity index (χ4n) is 0.385. The average Bonchev–Trinajstić information content (AvgIpc) is 1.90. The van der Waals surface area contributed by atoms with Gasteiger partial charge >= 0.3 is 0 Å². The Kier molecular flexibility index (Phi) is 5.16. The Labute approximate surface area is 61.6 Å². The van der Waals surface area contributed by atoms with E-state index < -0.39 is 0 Å². The highest BCUT2D eigenvalue weighted by molar-refractivity contribution is 4.99. The van der Waals surface area contributed by atoms with Crippen LogP contribution in [0.25, 0.3) is 0 Å². The summed E-state index contributed by atoms with van der Waals surface area (Å²) < 4.78 is 0. The van der Waals surface area contributed by atoms with Gasteiger partial charge in [0.1, 0.15) is 0 Å². The third-order valence-corrected chi connectivity index (χ3v) is 0.667. The van der Waals surface area contributed by atoms with E-state index in [9.17, 15) is 5.11 Å². The van der Waals surface area contributed by atoms with Gasteiger partial charge in [-0.2, -0.15) is 0 Å².